The van der Waals surface area contributed by atoms with E-state index in [2.05, 4.69) is 11.4 Å². The van der Waals surface area contributed by atoms with Gasteiger partial charge >= 0.3 is 0 Å². The zero-order chi connectivity index (χ0) is 11.5. The molecule has 0 radical (unpaired) electrons. The molecule has 1 aromatic carbocycles. The van der Waals surface area contributed by atoms with E-state index in [-0.39, 0.29) is 17.7 Å². The van der Waals surface area contributed by atoms with Gasteiger partial charge in [0.1, 0.15) is 0 Å². The Balaban J connectivity index is 2.17. The summed E-state index contributed by atoms with van der Waals surface area (Å²) in [7, 11) is 1.52. The van der Waals surface area contributed by atoms with Gasteiger partial charge in [0.2, 0.25) is 0 Å². The van der Waals surface area contributed by atoms with Crippen LogP contribution in [0.25, 0.3) is 0 Å². The molecule has 16 heavy (non-hydrogen) atoms. The molecule has 1 fully saturated rings. The second-order valence-corrected chi connectivity index (χ2v) is 3.95. The van der Waals surface area contributed by atoms with Gasteiger partial charge in [0, 0.05) is 12.6 Å². The number of phenolic OH excluding ortho intramolecular Hbond substituents is 1. The summed E-state index contributed by atoms with van der Waals surface area (Å²) in [4.78, 5) is 0. The normalized spacial score (nSPS) is 24.0. The summed E-state index contributed by atoms with van der Waals surface area (Å²) in [6.07, 6.45) is 0.794. The molecule has 4 heteroatoms. The molecule has 0 spiro atoms. The van der Waals surface area contributed by atoms with E-state index in [9.17, 15) is 5.11 Å². The summed E-state index contributed by atoms with van der Waals surface area (Å²) in [5, 5.41) is 21.7. The molecule has 0 bridgehead atoms. The summed E-state index contributed by atoms with van der Waals surface area (Å²) in [6, 6.07) is 7.75. The van der Waals surface area contributed by atoms with Gasteiger partial charge in [-0.05, 0) is 24.1 Å². The van der Waals surface area contributed by atoms with Gasteiger partial charge in [-0.3, -0.25) is 0 Å². The Morgan fingerprint density at radius 1 is 1.56 bits per heavy atom. The Bertz CT molecular complexity index is 426. The largest absolute Gasteiger partial charge is 0.504 e. The Hall–Kier alpha value is -1.73. The highest BCUT2D eigenvalue weighted by Gasteiger charge is 2.25. The first-order valence-corrected chi connectivity index (χ1v) is 5.24. The van der Waals surface area contributed by atoms with Crippen LogP contribution in [0.2, 0.25) is 0 Å². The molecule has 1 aliphatic rings. The van der Waals surface area contributed by atoms with E-state index in [1.165, 1.54) is 7.11 Å². The molecule has 0 aromatic heterocycles. The number of ether oxygens (including phenoxy) is 1. The van der Waals surface area contributed by atoms with E-state index < -0.39 is 0 Å². The molecule has 1 saturated heterocycles. The first-order valence-electron chi connectivity index (χ1n) is 5.24. The quantitative estimate of drug-likeness (QED) is 0.790. The number of nitrogens with zero attached hydrogens (tertiary/aromatic N) is 1. The van der Waals surface area contributed by atoms with Crippen LogP contribution in [0, 0.1) is 17.2 Å². The van der Waals surface area contributed by atoms with Gasteiger partial charge in [-0.25, -0.2) is 0 Å². The fourth-order valence-corrected chi connectivity index (χ4v) is 2.01. The highest BCUT2D eigenvalue weighted by atomic mass is 16.5. The zero-order valence-corrected chi connectivity index (χ0v) is 9.10. The number of methoxy groups -OCH3 is 1. The molecule has 2 unspecified atom stereocenters. The average molecular weight is 218 g/mol. The van der Waals surface area contributed by atoms with Crippen LogP contribution in [-0.4, -0.2) is 18.8 Å². The first kappa shape index (κ1) is 10.8. The van der Waals surface area contributed by atoms with Gasteiger partial charge in [0.05, 0.1) is 19.1 Å². The molecule has 2 rings (SSSR count). The number of nitrogens with one attached hydrogen (secondary N) is 1. The van der Waals surface area contributed by atoms with Crippen LogP contribution in [0.3, 0.4) is 0 Å². The predicted molar refractivity (Wildman–Crippen MR) is 59.1 cm³/mol. The number of rotatable bonds is 2. The van der Waals surface area contributed by atoms with Gasteiger partial charge in [0.25, 0.3) is 0 Å². The number of aromatic hydroxyl groups is 1. The van der Waals surface area contributed by atoms with Crippen LogP contribution in [0.15, 0.2) is 18.2 Å². The van der Waals surface area contributed by atoms with E-state index in [4.69, 9.17) is 10.00 Å². The molecule has 2 atom stereocenters. The summed E-state index contributed by atoms with van der Waals surface area (Å²) >= 11 is 0. The van der Waals surface area contributed by atoms with E-state index in [1.54, 1.807) is 12.1 Å². The second kappa shape index (κ2) is 4.42. The average Bonchev–Trinajstić information content (AvgIpc) is 2.77. The monoisotopic (exact) mass is 218 g/mol. The molecular weight excluding hydrogens is 204 g/mol. The van der Waals surface area contributed by atoms with Crippen molar-refractivity contribution in [2.75, 3.05) is 13.7 Å². The topological polar surface area (TPSA) is 65.3 Å². The van der Waals surface area contributed by atoms with Crippen molar-refractivity contribution in [2.45, 2.75) is 12.5 Å². The summed E-state index contributed by atoms with van der Waals surface area (Å²) in [5.41, 5.74) is 0.996. The highest BCUT2D eigenvalue weighted by Crippen LogP contribution is 2.33. The molecule has 0 saturated carbocycles. The lowest BCUT2D eigenvalue weighted by Gasteiger charge is -2.12. The number of nitriles is 1. The van der Waals surface area contributed by atoms with Crippen molar-refractivity contribution in [1.82, 2.24) is 5.32 Å². The second-order valence-electron chi connectivity index (χ2n) is 3.95. The van der Waals surface area contributed by atoms with Crippen LogP contribution < -0.4 is 10.1 Å². The molecule has 2 N–H and O–H groups in total. The SMILES string of the molecule is COc1ccc(C2CC(C#N)CN2)cc1O. The minimum absolute atomic E-state index is 0.0641. The number of hydrogen-bond acceptors (Lipinski definition) is 4. The highest BCUT2D eigenvalue weighted by molar-refractivity contribution is 5.42. The zero-order valence-electron chi connectivity index (χ0n) is 9.10. The molecule has 1 heterocycles. The van der Waals surface area contributed by atoms with E-state index in [0.717, 1.165) is 12.0 Å². The minimum Gasteiger partial charge on any atom is -0.504 e. The molecule has 1 aliphatic heterocycles. The number of benzene rings is 1. The van der Waals surface area contributed by atoms with Crippen molar-refractivity contribution in [3.05, 3.63) is 23.8 Å². The summed E-state index contributed by atoms with van der Waals surface area (Å²) in [5.74, 6) is 0.676. The van der Waals surface area contributed by atoms with E-state index >= 15 is 0 Å². The lowest BCUT2D eigenvalue weighted by molar-refractivity contribution is 0.372. The van der Waals surface area contributed by atoms with Crippen molar-refractivity contribution in [3.63, 3.8) is 0 Å². The third kappa shape index (κ3) is 1.95. The number of hydrogen-bond donors (Lipinski definition) is 2. The maximum Gasteiger partial charge on any atom is 0.160 e. The van der Waals surface area contributed by atoms with Crippen LogP contribution >= 0.6 is 0 Å². The van der Waals surface area contributed by atoms with Crippen LogP contribution in [-0.2, 0) is 0 Å². The van der Waals surface area contributed by atoms with E-state index in [1.807, 2.05) is 6.07 Å². The summed E-state index contributed by atoms with van der Waals surface area (Å²) < 4.78 is 4.98. The third-order valence-corrected chi connectivity index (χ3v) is 2.92. The van der Waals surface area contributed by atoms with Crippen LogP contribution in [0.5, 0.6) is 11.5 Å². The fraction of sp³-hybridized carbons (Fsp3) is 0.417. The van der Waals surface area contributed by atoms with Gasteiger partial charge in [-0.15, -0.1) is 0 Å². The molecule has 0 amide bonds. The molecule has 4 nitrogen and oxygen atoms in total. The van der Waals surface area contributed by atoms with Gasteiger partial charge in [0.15, 0.2) is 11.5 Å². The van der Waals surface area contributed by atoms with Crippen LogP contribution in [0.4, 0.5) is 0 Å². The molecular formula is C12H14N2O2. The third-order valence-electron chi connectivity index (χ3n) is 2.92. The van der Waals surface area contributed by atoms with Crippen molar-refractivity contribution < 1.29 is 9.84 Å². The maximum atomic E-state index is 9.66. The van der Waals surface area contributed by atoms with Gasteiger partial charge in [-0.2, -0.15) is 5.26 Å². The molecule has 84 valence electrons. The lowest BCUT2D eigenvalue weighted by Crippen LogP contribution is -2.13. The van der Waals surface area contributed by atoms with Crippen molar-refractivity contribution in [3.8, 4) is 17.6 Å². The van der Waals surface area contributed by atoms with E-state index in [0.29, 0.717) is 12.3 Å². The fourth-order valence-electron chi connectivity index (χ4n) is 2.01. The summed E-state index contributed by atoms with van der Waals surface area (Å²) in [6.45, 7) is 0.716. The smallest absolute Gasteiger partial charge is 0.160 e. The standard InChI is InChI=1S/C12H14N2O2/c1-16-12-3-2-9(5-11(12)15)10-4-8(6-13)7-14-10/h2-3,5,8,10,14-15H,4,7H2,1H3. The Kier molecular flexibility index (Phi) is 2.97. The molecule has 0 aliphatic carbocycles. The van der Waals surface area contributed by atoms with Gasteiger partial charge in [-0.1, -0.05) is 6.07 Å². The maximum absolute atomic E-state index is 9.66. The Morgan fingerprint density at radius 2 is 2.38 bits per heavy atom. The number of phenols is 1. The Morgan fingerprint density at radius 3 is 2.94 bits per heavy atom. The van der Waals surface area contributed by atoms with Gasteiger partial charge < -0.3 is 15.2 Å². The first-order chi connectivity index (χ1) is 7.74. The van der Waals surface area contributed by atoms with Crippen molar-refractivity contribution >= 4 is 0 Å². The Labute approximate surface area is 94.5 Å². The minimum atomic E-state index is 0.0641. The predicted octanol–water partition coefficient (Wildman–Crippen LogP) is 1.57. The van der Waals surface area contributed by atoms with Crippen molar-refractivity contribution in [2.24, 2.45) is 5.92 Å². The van der Waals surface area contributed by atoms with Crippen LogP contribution in [0.1, 0.15) is 18.0 Å². The molecule has 1 aromatic rings. The van der Waals surface area contributed by atoms with Crippen molar-refractivity contribution in [1.29, 1.82) is 5.26 Å². The lowest BCUT2D eigenvalue weighted by atomic mass is 10.0.